The summed E-state index contributed by atoms with van der Waals surface area (Å²) < 4.78 is 16.5. The number of amides is 1. The highest BCUT2D eigenvalue weighted by Gasteiger charge is 2.31. The van der Waals surface area contributed by atoms with E-state index in [0.717, 1.165) is 27.6 Å². The van der Waals surface area contributed by atoms with E-state index in [1.54, 1.807) is 33.3 Å². The van der Waals surface area contributed by atoms with Crippen LogP contribution in [0.15, 0.2) is 72.9 Å². The van der Waals surface area contributed by atoms with Crippen molar-refractivity contribution in [3.05, 3.63) is 89.6 Å². The molecule has 0 fully saturated rings. The van der Waals surface area contributed by atoms with Crippen molar-refractivity contribution < 1.29 is 28.9 Å². The van der Waals surface area contributed by atoms with Crippen LogP contribution in [-0.2, 0) is 29.0 Å². The van der Waals surface area contributed by atoms with Crippen molar-refractivity contribution in [2.45, 2.75) is 44.8 Å². The molecule has 2 unspecified atom stereocenters. The number of methoxy groups -OCH3 is 3. The molecule has 2 atom stereocenters. The van der Waals surface area contributed by atoms with E-state index >= 15 is 0 Å². The van der Waals surface area contributed by atoms with Gasteiger partial charge in [0.15, 0.2) is 11.5 Å². The number of fused-ring (bicyclic) bond motifs is 1. The number of ether oxygens (including phenoxy) is 3. The molecule has 0 aliphatic rings. The van der Waals surface area contributed by atoms with Crippen molar-refractivity contribution in [3.63, 3.8) is 0 Å². The van der Waals surface area contributed by atoms with Crippen molar-refractivity contribution in [1.29, 1.82) is 0 Å². The Morgan fingerprint density at radius 2 is 1.57 bits per heavy atom. The number of carbonyl (C=O) groups is 2. The molecule has 4 rings (SSSR count). The first-order valence-electron chi connectivity index (χ1n) is 14.6. The predicted octanol–water partition coefficient (Wildman–Crippen LogP) is 4.68. The Kier molecular flexibility index (Phi) is 11.2. The average molecular weight is 603 g/mol. The van der Waals surface area contributed by atoms with Crippen molar-refractivity contribution in [3.8, 4) is 17.2 Å². The van der Waals surface area contributed by atoms with Gasteiger partial charge < -0.3 is 29.2 Å². The predicted molar refractivity (Wildman–Crippen MR) is 170 cm³/mol. The second-order valence-corrected chi connectivity index (χ2v) is 10.7. The molecule has 10 nitrogen and oxygen atoms in total. The van der Waals surface area contributed by atoms with Gasteiger partial charge in [0.2, 0.25) is 11.7 Å². The van der Waals surface area contributed by atoms with Gasteiger partial charge >= 0.3 is 5.97 Å². The lowest BCUT2D eigenvalue weighted by atomic mass is 10.0. The second kappa shape index (κ2) is 15.3. The molecule has 0 spiro atoms. The van der Waals surface area contributed by atoms with Gasteiger partial charge in [0.25, 0.3) is 0 Å². The van der Waals surface area contributed by atoms with Crippen LogP contribution < -0.4 is 19.6 Å². The molecule has 1 aromatic heterocycles. The number of benzene rings is 3. The van der Waals surface area contributed by atoms with Crippen molar-refractivity contribution in [2.75, 3.05) is 34.9 Å². The maximum Gasteiger partial charge on any atom is 0.304 e. The van der Waals surface area contributed by atoms with Crippen LogP contribution in [0.1, 0.15) is 30.0 Å². The van der Waals surface area contributed by atoms with E-state index in [1.165, 1.54) is 0 Å². The number of carboxylic acid groups (broad SMARTS) is 1. The minimum Gasteiger partial charge on any atom is -0.493 e. The van der Waals surface area contributed by atoms with Gasteiger partial charge in [-0.1, -0.05) is 55.5 Å². The monoisotopic (exact) mass is 602 g/mol. The van der Waals surface area contributed by atoms with Crippen LogP contribution in [0.25, 0.3) is 10.9 Å². The standard InChI is InChI=1S/C34H42N4O6/c1-6-38(36-26(20-32(39)40)19-25-21-35-28-15-11-10-14-27(25)28)29(16-23-12-8-7-9-13-23)34(41)37(2)22-24-17-30(42-3)33(44-5)31(18-24)43-4/h7-15,17-18,21,26,29,35-36H,6,16,19-20,22H2,1-5H3,(H,39,40). The molecule has 1 amide bonds. The average Bonchev–Trinajstić information content (AvgIpc) is 3.44. The van der Waals surface area contributed by atoms with Gasteiger partial charge in [-0.25, -0.2) is 5.01 Å². The van der Waals surface area contributed by atoms with Gasteiger partial charge in [0, 0.05) is 43.3 Å². The maximum absolute atomic E-state index is 14.2. The maximum atomic E-state index is 14.2. The second-order valence-electron chi connectivity index (χ2n) is 10.7. The molecule has 3 N–H and O–H groups in total. The summed E-state index contributed by atoms with van der Waals surface area (Å²) in [5.74, 6) is 0.473. The fourth-order valence-corrected chi connectivity index (χ4v) is 5.58. The minimum atomic E-state index is -0.913. The molecule has 44 heavy (non-hydrogen) atoms. The Bertz CT molecular complexity index is 1510. The first-order chi connectivity index (χ1) is 21.3. The highest BCUT2D eigenvalue weighted by Crippen LogP contribution is 2.38. The largest absolute Gasteiger partial charge is 0.493 e. The number of H-pyrrole nitrogens is 1. The minimum absolute atomic E-state index is 0.108. The third-order valence-electron chi connectivity index (χ3n) is 7.70. The van der Waals surface area contributed by atoms with E-state index in [-0.39, 0.29) is 12.3 Å². The molecule has 0 saturated heterocycles. The molecule has 0 bridgehead atoms. The summed E-state index contributed by atoms with van der Waals surface area (Å²) in [6, 6.07) is 20.4. The molecule has 1 heterocycles. The third kappa shape index (κ3) is 7.89. The highest BCUT2D eigenvalue weighted by atomic mass is 16.5. The zero-order valence-corrected chi connectivity index (χ0v) is 26.0. The summed E-state index contributed by atoms with van der Waals surface area (Å²) in [6.07, 6.45) is 2.73. The van der Waals surface area contributed by atoms with Crippen LogP contribution in [-0.4, -0.2) is 78.9 Å². The number of aromatic amines is 1. The molecule has 0 radical (unpaired) electrons. The van der Waals surface area contributed by atoms with E-state index in [2.05, 4.69) is 10.4 Å². The number of carbonyl (C=O) groups excluding carboxylic acids is 1. The van der Waals surface area contributed by atoms with Crippen LogP contribution in [0.2, 0.25) is 0 Å². The topological polar surface area (TPSA) is 116 Å². The summed E-state index contributed by atoms with van der Waals surface area (Å²) in [6.45, 7) is 2.73. The zero-order chi connectivity index (χ0) is 31.6. The van der Waals surface area contributed by atoms with Gasteiger partial charge in [-0.3, -0.25) is 15.0 Å². The third-order valence-corrected chi connectivity index (χ3v) is 7.70. The number of nitrogens with zero attached hydrogens (tertiary/aromatic N) is 2. The lowest BCUT2D eigenvalue weighted by Gasteiger charge is -2.36. The quantitative estimate of drug-likeness (QED) is 0.159. The van der Waals surface area contributed by atoms with E-state index in [1.807, 2.05) is 84.9 Å². The Morgan fingerprint density at radius 3 is 2.18 bits per heavy atom. The molecule has 0 saturated carbocycles. The number of aromatic nitrogens is 1. The molecule has 10 heteroatoms. The van der Waals surface area contributed by atoms with Gasteiger partial charge in [-0.15, -0.1) is 0 Å². The SMILES string of the molecule is CCN(NC(CC(=O)O)Cc1c[nH]c2ccccc12)C(Cc1ccccc1)C(=O)N(C)Cc1cc(OC)c(OC)c(OC)c1. The number of aliphatic carboxylic acids is 1. The zero-order valence-electron chi connectivity index (χ0n) is 26.0. The molecule has 0 aliphatic heterocycles. The summed E-state index contributed by atoms with van der Waals surface area (Å²) in [5.41, 5.74) is 7.27. The van der Waals surface area contributed by atoms with Crippen LogP contribution in [0.4, 0.5) is 0 Å². The number of hydrogen-bond donors (Lipinski definition) is 3. The van der Waals surface area contributed by atoms with Crippen LogP contribution in [0.5, 0.6) is 17.2 Å². The Labute approximate surface area is 258 Å². The molecule has 4 aromatic rings. The van der Waals surface area contributed by atoms with Crippen LogP contribution in [0, 0.1) is 0 Å². The van der Waals surface area contributed by atoms with Crippen molar-refractivity contribution in [2.24, 2.45) is 0 Å². The Hall–Kier alpha value is -4.54. The molecule has 0 aliphatic carbocycles. The summed E-state index contributed by atoms with van der Waals surface area (Å²) in [4.78, 5) is 31.1. The Morgan fingerprint density at radius 1 is 0.909 bits per heavy atom. The van der Waals surface area contributed by atoms with E-state index in [4.69, 9.17) is 14.2 Å². The van der Waals surface area contributed by atoms with Crippen molar-refractivity contribution >= 4 is 22.8 Å². The van der Waals surface area contributed by atoms with Gasteiger partial charge in [-0.05, 0) is 47.7 Å². The fourth-order valence-electron chi connectivity index (χ4n) is 5.58. The van der Waals surface area contributed by atoms with Crippen LogP contribution in [0.3, 0.4) is 0 Å². The highest BCUT2D eigenvalue weighted by molar-refractivity contribution is 5.83. The van der Waals surface area contributed by atoms with Crippen LogP contribution >= 0.6 is 0 Å². The Balaban J connectivity index is 1.61. The summed E-state index contributed by atoms with van der Waals surface area (Å²) in [7, 11) is 6.42. The number of likely N-dealkylation sites (N-methyl/N-ethyl adjacent to an activating group) is 2. The first kappa shape index (κ1) is 32.4. The lowest BCUT2D eigenvalue weighted by Crippen LogP contribution is -2.57. The van der Waals surface area contributed by atoms with Gasteiger partial charge in [-0.2, -0.15) is 0 Å². The molecular formula is C34H42N4O6. The van der Waals surface area contributed by atoms with Gasteiger partial charge in [0.1, 0.15) is 6.04 Å². The smallest absolute Gasteiger partial charge is 0.304 e. The fraction of sp³-hybridized carbons (Fsp3) is 0.353. The number of para-hydroxylation sites is 1. The van der Waals surface area contributed by atoms with E-state index in [9.17, 15) is 14.7 Å². The normalized spacial score (nSPS) is 12.6. The summed E-state index contributed by atoms with van der Waals surface area (Å²) in [5, 5.41) is 12.7. The van der Waals surface area contributed by atoms with Gasteiger partial charge in [0.05, 0.1) is 27.8 Å². The van der Waals surface area contributed by atoms with Crippen molar-refractivity contribution in [1.82, 2.24) is 20.3 Å². The molecule has 234 valence electrons. The number of hydrazine groups is 1. The lowest BCUT2D eigenvalue weighted by molar-refractivity contribution is -0.139. The van der Waals surface area contributed by atoms with E-state index < -0.39 is 18.1 Å². The van der Waals surface area contributed by atoms with E-state index in [0.29, 0.717) is 43.2 Å². The first-order valence-corrected chi connectivity index (χ1v) is 14.6. The number of rotatable bonds is 16. The summed E-state index contributed by atoms with van der Waals surface area (Å²) >= 11 is 0. The molecular weight excluding hydrogens is 560 g/mol. The number of nitrogens with one attached hydrogen (secondary N) is 2. The molecule has 3 aromatic carbocycles. The number of hydrogen-bond acceptors (Lipinski definition) is 7. The number of carboxylic acids is 1.